The van der Waals surface area contributed by atoms with E-state index in [2.05, 4.69) is 32.0 Å². The highest BCUT2D eigenvalue weighted by Gasteiger charge is 2.16. The van der Waals surface area contributed by atoms with Crippen LogP contribution in [0.1, 0.15) is 15.3 Å². The third-order valence-corrected chi connectivity index (χ3v) is 6.25. The number of anilines is 2. The van der Waals surface area contributed by atoms with Crippen LogP contribution in [0.3, 0.4) is 0 Å². The summed E-state index contributed by atoms with van der Waals surface area (Å²) in [4.78, 5) is 23.2. The van der Waals surface area contributed by atoms with Crippen LogP contribution in [0, 0.1) is 12.7 Å². The van der Waals surface area contributed by atoms with Crippen molar-refractivity contribution in [3.05, 3.63) is 57.0 Å². The second-order valence-electron chi connectivity index (χ2n) is 6.44. The van der Waals surface area contributed by atoms with E-state index < -0.39 is 0 Å². The van der Waals surface area contributed by atoms with E-state index in [0.29, 0.717) is 23.1 Å². The number of quaternary nitrogens is 1. The van der Waals surface area contributed by atoms with Gasteiger partial charge in [-0.2, -0.15) is 4.98 Å². The number of halogens is 1. The first-order valence-electron chi connectivity index (χ1n) is 9.05. The highest BCUT2D eigenvalue weighted by Crippen LogP contribution is 2.25. The molecule has 0 radical (unpaired) electrons. The molecular weight excluding hydrogens is 411 g/mol. The van der Waals surface area contributed by atoms with Gasteiger partial charge in [0.1, 0.15) is 18.3 Å². The number of hydrogen-bond acceptors (Lipinski definition) is 7. The first kappa shape index (κ1) is 19.5. The standard InChI is InChI=1S/C19H19FN6OS2/c1-11-8-12(20)2-3-14(11)25-18(27)26-19-22-9-13(29-19)4-6-21-17-16-15(5-7-28-16)23-10-24-17/h2-3,5,7-9,23H,4,6,10H2,1H3,(H,21,24)(H2,22,25,26,27)/p+1. The van der Waals surface area contributed by atoms with Crippen LogP contribution >= 0.6 is 22.7 Å². The van der Waals surface area contributed by atoms with Crippen molar-refractivity contribution in [3.8, 4) is 0 Å². The van der Waals surface area contributed by atoms with Gasteiger partial charge in [-0.25, -0.2) is 19.5 Å². The van der Waals surface area contributed by atoms with Crippen molar-refractivity contribution in [2.24, 2.45) is 4.99 Å². The van der Waals surface area contributed by atoms with E-state index in [4.69, 9.17) is 0 Å². The molecule has 0 aliphatic carbocycles. The van der Waals surface area contributed by atoms with E-state index >= 15 is 0 Å². The molecule has 150 valence electrons. The van der Waals surface area contributed by atoms with Gasteiger partial charge in [-0.15, -0.1) is 11.3 Å². The van der Waals surface area contributed by atoms with Gasteiger partial charge in [0.15, 0.2) is 0 Å². The maximum absolute atomic E-state index is 13.2. The van der Waals surface area contributed by atoms with Gasteiger partial charge in [-0.1, -0.05) is 11.3 Å². The van der Waals surface area contributed by atoms with Gasteiger partial charge in [0.25, 0.3) is 5.13 Å². The molecule has 0 spiro atoms. The van der Waals surface area contributed by atoms with Crippen molar-refractivity contribution in [2.45, 2.75) is 13.3 Å². The second-order valence-corrected chi connectivity index (χ2v) is 8.50. The number of aryl methyl sites for hydroxylation is 1. The summed E-state index contributed by atoms with van der Waals surface area (Å²) in [5.41, 5.74) is 2.38. The zero-order valence-corrected chi connectivity index (χ0v) is 17.3. The number of carbonyl (C=O) groups is 1. The summed E-state index contributed by atoms with van der Waals surface area (Å²) >= 11 is 3.13. The Morgan fingerprint density at radius 1 is 1.38 bits per heavy atom. The number of benzene rings is 1. The number of thiazole rings is 1. The molecule has 7 nitrogen and oxygen atoms in total. The minimum absolute atomic E-state index is 0.284. The molecule has 1 aliphatic rings. The molecule has 10 heteroatoms. The molecule has 1 aliphatic heterocycles. The molecule has 2 amide bonds. The number of rotatable bonds is 5. The maximum atomic E-state index is 13.2. The van der Waals surface area contributed by atoms with E-state index in [-0.39, 0.29) is 11.8 Å². The lowest BCUT2D eigenvalue weighted by Crippen LogP contribution is -2.83. The lowest BCUT2D eigenvalue weighted by Gasteiger charge is -2.15. The number of aromatic nitrogens is 1. The molecule has 0 unspecified atom stereocenters. The molecule has 2 aromatic heterocycles. The van der Waals surface area contributed by atoms with E-state index in [9.17, 15) is 9.18 Å². The van der Waals surface area contributed by atoms with Crippen LogP contribution < -0.4 is 21.3 Å². The lowest BCUT2D eigenvalue weighted by atomic mass is 10.2. The first-order chi connectivity index (χ1) is 14.1. The molecule has 3 heterocycles. The van der Waals surface area contributed by atoms with Crippen LogP contribution in [-0.4, -0.2) is 30.1 Å². The summed E-state index contributed by atoms with van der Waals surface area (Å²) in [6.45, 7) is 3.06. The smallest absolute Gasteiger partial charge is 0.369 e. The predicted molar refractivity (Wildman–Crippen MR) is 115 cm³/mol. The normalized spacial score (nSPS) is 12.7. The van der Waals surface area contributed by atoms with Crippen LogP contribution in [0.2, 0.25) is 0 Å². The summed E-state index contributed by atoms with van der Waals surface area (Å²) in [6.07, 6.45) is 2.58. The van der Waals surface area contributed by atoms with Gasteiger partial charge in [-0.05, 0) is 42.1 Å². The number of aliphatic imine (C=N–C) groups is 1. The fourth-order valence-electron chi connectivity index (χ4n) is 2.90. The van der Waals surface area contributed by atoms with Crippen LogP contribution in [0.4, 0.5) is 25.7 Å². The Kier molecular flexibility index (Phi) is 5.84. The third-order valence-electron chi connectivity index (χ3n) is 4.32. The molecular formula is C19H20FN6OS2+. The van der Waals surface area contributed by atoms with Crippen molar-refractivity contribution in [3.63, 3.8) is 0 Å². The van der Waals surface area contributed by atoms with Gasteiger partial charge in [0.05, 0.1) is 10.6 Å². The molecule has 0 fully saturated rings. The van der Waals surface area contributed by atoms with Gasteiger partial charge < -0.3 is 10.6 Å². The van der Waals surface area contributed by atoms with Crippen LogP contribution in [0.25, 0.3) is 0 Å². The number of thiophene rings is 1. The molecule has 4 rings (SSSR count). The Morgan fingerprint density at radius 2 is 2.28 bits per heavy atom. The van der Waals surface area contributed by atoms with Gasteiger partial charge in [0.2, 0.25) is 0 Å². The van der Waals surface area contributed by atoms with E-state index in [0.717, 1.165) is 34.2 Å². The molecule has 5 N–H and O–H groups in total. The molecule has 1 aromatic carbocycles. The molecule has 0 bridgehead atoms. The quantitative estimate of drug-likeness (QED) is 0.499. The zero-order valence-electron chi connectivity index (χ0n) is 15.7. The monoisotopic (exact) mass is 431 g/mol. The van der Waals surface area contributed by atoms with Crippen LogP contribution in [-0.2, 0) is 6.42 Å². The van der Waals surface area contributed by atoms with Crippen molar-refractivity contribution in [1.82, 2.24) is 10.3 Å². The summed E-state index contributed by atoms with van der Waals surface area (Å²) in [7, 11) is 0. The number of nitrogens with zero attached hydrogens (tertiary/aromatic N) is 2. The first-order valence-corrected chi connectivity index (χ1v) is 10.7. The number of amidine groups is 1. The van der Waals surface area contributed by atoms with Crippen LogP contribution in [0.5, 0.6) is 0 Å². The van der Waals surface area contributed by atoms with Crippen molar-refractivity contribution in [2.75, 3.05) is 23.8 Å². The molecule has 0 saturated carbocycles. The topological polar surface area (TPSA) is 95.0 Å². The maximum Gasteiger partial charge on any atom is 0.424 e. The number of hydrogen-bond donors (Lipinski definition) is 4. The minimum atomic E-state index is -0.326. The highest BCUT2D eigenvalue weighted by atomic mass is 32.1. The number of fused-ring (bicyclic) bond motifs is 1. The number of urea groups is 1. The Balaban J connectivity index is 1.27. The molecule has 0 saturated heterocycles. The molecule has 29 heavy (non-hydrogen) atoms. The van der Waals surface area contributed by atoms with Gasteiger partial charge >= 0.3 is 6.03 Å². The lowest BCUT2D eigenvalue weighted by molar-refractivity contribution is -0.459. The Morgan fingerprint density at radius 3 is 3.14 bits per heavy atom. The van der Waals surface area contributed by atoms with Gasteiger partial charge in [0, 0.05) is 29.7 Å². The average Bonchev–Trinajstić information content (AvgIpc) is 3.34. The number of nitrogens with one attached hydrogen (secondary N) is 3. The second kappa shape index (κ2) is 8.68. The van der Waals surface area contributed by atoms with Crippen molar-refractivity contribution >= 4 is 51.0 Å². The number of primary amides is 1. The summed E-state index contributed by atoms with van der Waals surface area (Å²) in [5, 5.41) is 13.5. The Labute approximate surface area is 175 Å². The SMILES string of the molecule is Cc1cc(F)ccc1NC(=O)[NH2+]c1ncc(CCNC2=NCNc3ccsc32)s1. The van der Waals surface area contributed by atoms with Crippen LogP contribution in [0.15, 0.2) is 40.8 Å². The Hall–Kier alpha value is -2.82. The minimum Gasteiger partial charge on any atom is -0.369 e. The molecule has 0 atom stereocenters. The summed E-state index contributed by atoms with van der Waals surface area (Å²) in [5.74, 6) is 0.590. The predicted octanol–water partition coefficient (Wildman–Crippen LogP) is 3.04. The fourth-order valence-corrected chi connectivity index (χ4v) is 4.61. The van der Waals surface area contributed by atoms with E-state index in [1.165, 1.54) is 28.8 Å². The largest absolute Gasteiger partial charge is 0.424 e. The van der Waals surface area contributed by atoms with Crippen molar-refractivity contribution in [1.29, 1.82) is 0 Å². The number of nitrogens with two attached hydrogens (primary N) is 1. The molecule has 3 aromatic rings. The number of amides is 2. The van der Waals surface area contributed by atoms with Crippen molar-refractivity contribution < 1.29 is 14.5 Å². The summed E-state index contributed by atoms with van der Waals surface area (Å²) in [6, 6.07) is 6.03. The fraction of sp³-hybridized carbons (Fsp3) is 0.211. The van der Waals surface area contributed by atoms with Gasteiger partial charge in [-0.3, -0.25) is 5.32 Å². The summed E-state index contributed by atoms with van der Waals surface area (Å²) < 4.78 is 13.2. The van der Waals surface area contributed by atoms with E-state index in [1.807, 2.05) is 5.38 Å². The third kappa shape index (κ3) is 4.78. The number of carbonyl (C=O) groups excluding carboxylic acids is 1. The zero-order chi connectivity index (χ0) is 20.2. The highest BCUT2D eigenvalue weighted by molar-refractivity contribution is 7.14. The average molecular weight is 432 g/mol. The van der Waals surface area contributed by atoms with E-state index in [1.54, 1.807) is 30.5 Å². The Bertz CT molecular complexity index is 1060.